The number of piperidine rings is 1. The average Bonchev–Trinajstić information content (AvgIpc) is 2.52. The molecule has 2 rings (SSSR count). The molecular weight excluding hydrogens is 312 g/mol. The molecule has 1 aromatic carbocycles. The van der Waals surface area contributed by atoms with Gasteiger partial charge in [-0.05, 0) is 31.7 Å². The molecule has 1 amide bonds. The molecule has 1 fully saturated rings. The van der Waals surface area contributed by atoms with Crippen LogP contribution in [0.2, 0.25) is 0 Å². The largest absolute Gasteiger partial charge is 0.349 e. The van der Waals surface area contributed by atoms with Crippen LogP contribution in [0.3, 0.4) is 0 Å². The van der Waals surface area contributed by atoms with Gasteiger partial charge in [-0.1, -0.05) is 36.8 Å². The van der Waals surface area contributed by atoms with Crippen LogP contribution in [0.1, 0.15) is 43.4 Å². The first-order valence-electron chi connectivity index (χ1n) is 8.13. The lowest BCUT2D eigenvalue weighted by molar-refractivity contribution is -0.126. The van der Waals surface area contributed by atoms with Crippen molar-refractivity contribution in [2.75, 3.05) is 19.3 Å². The molecule has 0 spiro atoms. The zero-order valence-electron chi connectivity index (χ0n) is 14.1. The summed E-state index contributed by atoms with van der Waals surface area (Å²) in [5.41, 5.74) is 2.27. The first kappa shape index (κ1) is 17.9. The van der Waals surface area contributed by atoms with Gasteiger partial charge in [0.1, 0.15) is 0 Å². The van der Waals surface area contributed by atoms with Crippen LogP contribution in [0.5, 0.6) is 0 Å². The summed E-state index contributed by atoms with van der Waals surface area (Å²) in [7, 11) is -3.23. The molecule has 0 bridgehead atoms. The first-order chi connectivity index (χ1) is 10.8. The number of carbonyl (C=O) groups excluding carboxylic acids is 1. The Bertz CT molecular complexity index is 640. The van der Waals surface area contributed by atoms with Gasteiger partial charge in [0, 0.05) is 13.1 Å². The van der Waals surface area contributed by atoms with Gasteiger partial charge in [0.15, 0.2) is 0 Å². The van der Waals surface area contributed by atoms with Crippen molar-refractivity contribution in [3.8, 4) is 0 Å². The van der Waals surface area contributed by atoms with E-state index < -0.39 is 10.0 Å². The molecule has 1 N–H and O–H groups in total. The number of aryl methyl sites for hydroxylation is 1. The van der Waals surface area contributed by atoms with Crippen LogP contribution in [-0.2, 0) is 14.8 Å². The van der Waals surface area contributed by atoms with E-state index in [9.17, 15) is 13.2 Å². The summed E-state index contributed by atoms with van der Waals surface area (Å²) in [4.78, 5) is 12.5. The minimum Gasteiger partial charge on any atom is -0.349 e. The number of carbonyl (C=O) groups is 1. The summed E-state index contributed by atoms with van der Waals surface area (Å²) in [5, 5.41) is 3.08. The third-order valence-electron chi connectivity index (χ3n) is 4.43. The Balaban J connectivity index is 2.03. The average molecular weight is 338 g/mol. The van der Waals surface area contributed by atoms with Crippen molar-refractivity contribution in [3.05, 3.63) is 35.4 Å². The number of nitrogens with zero attached hydrogens (tertiary/aromatic N) is 1. The molecule has 1 aliphatic rings. The molecule has 0 aromatic heterocycles. The maximum absolute atomic E-state index is 12.5. The van der Waals surface area contributed by atoms with E-state index in [-0.39, 0.29) is 24.4 Å². The molecule has 6 heteroatoms. The molecule has 2 atom stereocenters. The van der Waals surface area contributed by atoms with Gasteiger partial charge < -0.3 is 5.32 Å². The number of amides is 1. The maximum Gasteiger partial charge on any atom is 0.224 e. The molecule has 1 aliphatic heterocycles. The Morgan fingerprint density at radius 1 is 1.35 bits per heavy atom. The predicted molar refractivity (Wildman–Crippen MR) is 91.5 cm³/mol. The van der Waals surface area contributed by atoms with Gasteiger partial charge in [0.25, 0.3) is 0 Å². The van der Waals surface area contributed by atoms with Crippen molar-refractivity contribution >= 4 is 15.9 Å². The van der Waals surface area contributed by atoms with E-state index >= 15 is 0 Å². The fourth-order valence-corrected chi connectivity index (χ4v) is 3.88. The van der Waals surface area contributed by atoms with Gasteiger partial charge in [-0.2, -0.15) is 0 Å². The van der Waals surface area contributed by atoms with E-state index in [4.69, 9.17) is 0 Å². The molecule has 1 saturated heterocycles. The third kappa shape index (κ3) is 4.78. The molecule has 0 aliphatic carbocycles. The van der Waals surface area contributed by atoms with Crippen molar-refractivity contribution in [2.24, 2.45) is 5.92 Å². The second-order valence-corrected chi connectivity index (χ2v) is 8.32. The van der Waals surface area contributed by atoms with Gasteiger partial charge in [0.05, 0.1) is 18.2 Å². The van der Waals surface area contributed by atoms with Crippen LogP contribution in [0.4, 0.5) is 0 Å². The third-order valence-corrected chi connectivity index (χ3v) is 5.70. The van der Waals surface area contributed by atoms with Crippen molar-refractivity contribution in [2.45, 2.75) is 39.2 Å². The number of nitrogens with one attached hydrogen (secondary N) is 1. The Morgan fingerprint density at radius 3 is 2.57 bits per heavy atom. The summed E-state index contributed by atoms with van der Waals surface area (Å²) >= 11 is 0. The number of hydrogen-bond acceptors (Lipinski definition) is 3. The molecule has 128 valence electrons. The van der Waals surface area contributed by atoms with Crippen LogP contribution in [0.15, 0.2) is 24.3 Å². The van der Waals surface area contributed by atoms with Crippen molar-refractivity contribution in [1.29, 1.82) is 0 Å². The van der Waals surface area contributed by atoms with E-state index in [1.165, 1.54) is 16.1 Å². The lowest BCUT2D eigenvalue weighted by Crippen LogP contribution is -2.45. The monoisotopic (exact) mass is 338 g/mol. The Kier molecular flexibility index (Phi) is 5.81. The zero-order valence-corrected chi connectivity index (χ0v) is 14.9. The highest BCUT2D eigenvalue weighted by molar-refractivity contribution is 7.88. The fourth-order valence-electron chi connectivity index (χ4n) is 2.97. The van der Waals surface area contributed by atoms with E-state index in [0.717, 1.165) is 24.8 Å². The van der Waals surface area contributed by atoms with Crippen LogP contribution in [0, 0.1) is 12.8 Å². The zero-order chi connectivity index (χ0) is 17.0. The van der Waals surface area contributed by atoms with Crippen LogP contribution in [0.25, 0.3) is 0 Å². The van der Waals surface area contributed by atoms with Crippen molar-refractivity contribution < 1.29 is 13.2 Å². The first-order valence-corrected chi connectivity index (χ1v) is 9.98. The van der Waals surface area contributed by atoms with Gasteiger partial charge in [-0.3, -0.25) is 4.79 Å². The van der Waals surface area contributed by atoms with Crippen LogP contribution >= 0.6 is 0 Å². The highest BCUT2D eigenvalue weighted by Gasteiger charge is 2.31. The molecule has 2 unspecified atom stereocenters. The smallest absolute Gasteiger partial charge is 0.224 e. The Morgan fingerprint density at radius 2 is 2.00 bits per heavy atom. The second kappa shape index (κ2) is 7.45. The number of rotatable bonds is 5. The van der Waals surface area contributed by atoms with Crippen molar-refractivity contribution in [3.63, 3.8) is 0 Å². The molecule has 1 heterocycles. The highest BCUT2D eigenvalue weighted by Crippen LogP contribution is 2.22. The molecule has 1 aromatic rings. The SMILES string of the molecule is CCC(NC(=O)C1CCCN(S(C)(=O)=O)C1)c1ccc(C)cc1. The minimum atomic E-state index is -3.23. The van der Waals surface area contributed by atoms with Gasteiger partial charge in [-0.15, -0.1) is 0 Å². The van der Waals surface area contributed by atoms with Gasteiger partial charge in [-0.25, -0.2) is 12.7 Å². The van der Waals surface area contributed by atoms with E-state index in [2.05, 4.69) is 5.32 Å². The number of benzene rings is 1. The topological polar surface area (TPSA) is 66.5 Å². The van der Waals surface area contributed by atoms with Crippen LogP contribution < -0.4 is 5.32 Å². The number of hydrogen-bond donors (Lipinski definition) is 1. The maximum atomic E-state index is 12.5. The minimum absolute atomic E-state index is 0.0308. The lowest BCUT2D eigenvalue weighted by Gasteiger charge is -2.31. The van der Waals surface area contributed by atoms with Crippen LogP contribution in [-0.4, -0.2) is 38.0 Å². The summed E-state index contributed by atoms with van der Waals surface area (Å²) in [6.45, 7) is 4.87. The summed E-state index contributed by atoms with van der Waals surface area (Å²) in [6, 6.07) is 8.12. The second-order valence-electron chi connectivity index (χ2n) is 6.34. The quantitative estimate of drug-likeness (QED) is 0.895. The van der Waals surface area contributed by atoms with Gasteiger partial charge >= 0.3 is 0 Å². The fraction of sp³-hybridized carbons (Fsp3) is 0.588. The van der Waals surface area contributed by atoms with E-state index in [1.807, 2.05) is 38.1 Å². The Labute approximate surface area is 139 Å². The normalized spacial score (nSPS) is 20.9. The lowest BCUT2D eigenvalue weighted by atomic mass is 9.97. The summed E-state index contributed by atoms with van der Waals surface area (Å²) in [5.74, 6) is -0.316. The highest BCUT2D eigenvalue weighted by atomic mass is 32.2. The molecule has 0 radical (unpaired) electrons. The molecule has 5 nitrogen and oxygen atoms in total. The predicted octanol–water partition coefficient (Wildman–Crippen LogP) is 2.23. The summed E-state index contributed by atoms with van der Waals surface area (Å²) in [6.07, 6.45) is 3.47. The summed E-state index contributed by atoms with van der Waals surface area (Å²) < 4.78 is 24.8. The Hall–Kier alpha value is -1.40. The molecule has 23 heavy (non-hydrogen) atoms. The standard InChI is InChI=1S/C17H26N2O3S/c1-4-16(14-9-7-13(2)8-10-14)18-17(20)15-6-5-11-19(12-15)23(3,21)22/h7-10,15-16H,4-6,11-12H2,1-3H3,(H,18,20). The van der Waals surface area contributed by atoms with E-state index in [1.54, 1.807) is 0 Å². The molecule has 0 saturated carbocycles. The number of sulfonamides is 1. The molecular formula is C17H26N2O3S. The van der Waals surface area contributed by atoms with E-state index in [0.29, 0.717) is 6.54 Å². The van der Waals surface area contributed by atoms with Crippen molar-refractivity contribution in [1.82, 2.24) is 9.62 Å². The van der Waals surface area contributed by atoms with Gasteiger partial charge in [0.2, 0.25) is 15.9 Å².